The number of aromatic nitrogens is 5. The van der Waals surface area contributed by atoms with Crippen LogP contribution in [0.5, 0.6) is 0 Å². The van der Waals surface area contributed by atoms with Crippen molar-refractivity contribution in [2.24, 2.45) is 0 Å². The van der Waals surface area contributed by atoms with Crippen LogP contribution in [0.2, 0.25) is 5.28 Å². The quantitative estimate of drug-likeness (QED) is 0.273. The highest BCUT2D eigenvalue weighted by atomic mass is 35.5. The van der Waals surface area contributed by atoms with E-state index >= 15 is 0 Å². The zero-order valence-electron chi connectivity index (χ0n) is 19.2. The van der Waals surface area contributed by atoms with Crippen LogP contribution in [0.1, 0.15) is 42.7 Å². The molecular formula is C20H25ClN6O7P2. The summed E-state index contributed by atoms with van der Waals surface area (Å²) in [7, 11) is -7.23. The van der Waals surface area contributed by atoms with Crippen LogP contribution in [0, 0.1) is 0 Å². The fourth-order valence-electron chi connectivity index (χ4n) is 4.78. The van der Waals surface area contributed by atoms with E-state index in [2.05, 4.69) is 32.4 Å². The summed E-state index contributed by atoms with van der Waals surface area (Å²) in [6, 6.07) is 8.39. The molecule has 3 heterocycles. The molecule has 194 valence electrons. The molecule has 1 saturated heterocycles. The van der Waals surface area contributed by atoms with Gasteiger partial charge in [0.05, 0.1) is 18.8 Å². The highest BCUT2D eigenvalue weighted by molar-refractivity contribution is 7.70. The van der Waals surface area contributed by atoms with Gasteiger partial charge in [0.1, 0.15) is 0 Å². The number of ether oxygens (including phenoxy) is 1. The minimum absolute atomic E-state index is 0.0377. The van der Waals surface area contributed by atoms with Crippen LogP contribution in [-0.2, 0) is 24.8 Å². The van der Waals surface area contributed by atoms with Crippen molar-refractivity contribution in [3.8, 4) is 0 Å². The van der Waals surface area contributed by atoms with Crippen molar-refractivity contribution in [1.29, 1.82) is 0 Å². The summed E-state index contributed by atoms with van der Waals surface area (Å²) in [4.78, 5) is 38.4. The van der Waals surface area contributed by atoms with Gasteiger partial charge in [-0.3, -0.25) is 9.13 Å². The summed E-state index contributed by atoms with van der Waals surface area (Å²) in [6.45, 7) is -0.304. The molecule has 1 aromatic carbocycles. The number of hydrogen-bond donors (Lipinski definition) is 3. The Morgan fingerprint density at radius 1 is 1.19 bits per heavy atom. The number of fused-ring (bicyclic) bond motifs is 2. The Kier molecular flexibility index (Phi) is 6.95. The van der Waals surface area contributed by atoms with E-state index in [4.69, 9.17) is 30.6 Å². The minimum atomic E-state index is -4.70. The van der Waals surface area contributed by atoms with Crippen LogP contribution < -0.4 is 4.90 Å². The lowest BCUT2D eigenvalue weighted by Gasteiger charge is -2.26. The zero-order chi connectivity index (χ0) is 25.7. The molecular weight excluding hydrogens is 534 g/mol. The number of anilines is 1. The second-order valence-corrected chi connectivity index (χ2v) is 13.2. The van der Waals surface area contributed by atoms with Gasteiger partial charge in [0.2, 0.25) is 5.28 Å². The molecule has 2 aromatic heterocycles. The van der Waals surface area contributed by atoms with Crippen molar-refractivity contribution in [2.45, 2.75) is 44.1 Å². The van der Waals surface area contributed by atoms with Crippen molar-refractivity contribution in [2.75, 3.05) is 24.5 Å². The highest BCUT2D eigenvalue weighted by Crippen LogP contribution is 2.55. The Morgan fingerprint density at radius 2 is 1.97 bits per heavy atom. The third-order valence-electron chi connectivity index (χ3n) is 6.36. The van der Waals surface area contributed by atoms with E-state index in [0.29, 0.717) is 29.8 Å². The lowest BCUT2D eigenvalue weighted by molar-refractivity contribution is -0.0239. The van der Waals surface area contributed by atoms with Crippen molar-refractivity contribution < 1.29 is 33.1 Å². The van der Waals surface area contributed by atoms with Gasteiger partial charge in [-0.15, -0.1) is 5.10 Å². The smallest absolute Gasteiger partial charge is 0.340 e. The van der Waals surface area contributed by atoms with E-state index in [0.717, 1.165) is 12.8 Å². The van der Waals surface area contributed by atoms with E-state index in [9.17, 15) is 14.0 Å². The summed E-state index contributed by atoms with van der Waals surface area (Å²) >= 11 is 6.29. The second-order valence-electron chi connectivity index (χ2n) is 8.92. The van der Waals surface area contributed by atoms with Gasteiger partial charge < -0.3 is 28.8 Å². The average Bonchev–Trinajstić information content (AvgIpc) is 3.53. The molecule has 3 aromatic rings. The molecule has 3 N–H and O–H groups in total. The molecule has 16 heteroatoms. The maximum atomic E-state index is 11.9. The van der Waals surface area contributed by atoms with Gasteiger partial charge in [0, 0.05) is 7.05 Å². The Bertz CT molecular complexity index is 1380. The molecule has 0 spiro atoms. The maximum absolute atomic E-state index is 11.9. The van der Waals surface area contributed by atoms with Crippen LogP contribution >= 0.6 is 26.8 Å². The third kappa shape index (κ3) is 5.34. The molecule has 1 unspecified atom stereocenters. The SMILES string of the molecule is CN(c1nc(Cl)nc2c1nnn2[C@H]1CC[C@@H](COP(=O)(O)CP(=O)(O)O)O1)[C@H]1CCc2ccccc21. The van der Waals surface area contributed by atoms with E-state index in [1.807, 2.05) is 24.1 Å². The van der Waals surface area contributed by atoms with Gasteiger partial charge in [-0.25, -0.2) is 0 Å². The lowest BCUT2D eigenvalue weighted by atomic mass is 10.1. The molecule has 0 saturated carbocycles. The second kappa shape index (κ2) is 9.74. The van der Waals surface area contributed by atoms with E-state index in [-0.39, 0.29) is 17.9 Å². The molecule has 1 fully saturated rings. The number of benzene rings is 1. The zero-order valence-corrected chi connectivity index (χ0v) is 21.8. The molecule has 5 rings (SSSR count). The van der Waals surface area contributed by atoms with Crippen LogP contribution in [0.4, 0.5) is 5.82 Å². The third-order valence-corrected chi connectivity index (χ3v) is 9.99. The first-order valence-electron chi connectivity index (χ1n) is 11.3. The number of halogens is 1. The normalized spacial score (nSPS) is 23.6. The Balaban J connectivity index is 1.34. The molecule has 13 nitrogen and oxygen atoms in total. The van der Waals surface area contributed by atoms with E-state index in [1.165, 1.54) is 15.8 Å². The van der Waals surface area contributed by atoms with Crippen LogP contribution in [0.3, 0.4) is 0 Å². The van der Waals surface area contributed by atoms with Crippen LogP contribution in [-0.4, -0.2) is 65.3 Å². The standard InChI is InChI=1S/C20H25ClN6O7P2/c1-26(15-8-6-12-4-2-3-5-14(12)15)18-17-19(23-20(21)22-18)27(25-24-17)16-9-7-13(34-16)10-33-36(31,32)11-35(28,29)30/h2-5,13,15-16H,6-11H2,1H3,(H,31,32)(H2,28,29,30)/t13-,15-,16+/m0/s1. The largest absolute Gasteiger partial charge is 0.351 e. The summed E-state index contributed by atoms with van der Waals surface area (Å²) in [5, 5.41) is 8.58. The molecule has 1 aliphatic heterocycles. The Morgan fingerprint density at radius 3 is 2.75 bits per heavy atom. The van der Waals surface area contributed by atoms with Crippen LogP contribution in [0.25, 0.3) is 11.2 Å². The van der Waals surface area contributed by atoms with Gasteiger partial charge in [-0.1, -0.05) is 29.5 Å². The van der Waals surface area contributed by atoms with Crippen molar-refractivity contribution in [3.05, 3.63) is 40.7 Å². The predicted molar refractivity (Wildman–Crippen MR) is 130 cm³/mol. The molecule has 4 atom stereocenters. The molecule has 1 aliphatic carbocycles. The molecule has 0 radical (unpaired) electrons. The Hall–Kier alpha value is -1.95. The first-order chi connectivity index (χ1) is 17.0. The molecule has 0 amide bonds. The summed E-state index contributed by atoms with van der Waals surface area (Å²) in [5.74, 6) is -0.699. The summed E-state index contributed by atoms with van der Waals surface area (Å²) in [6.07, 6.45) is 1.68. The van der Waals surface area contributed by atoms with Crippen molar-refractivity contribution in [1.82, 2.24) is 25.0 Å². The number of hydrogen-bond acceptors (Lipinski definition) is 9. The first kappa shape index (κ1) is 25.7. The molecule has 2 aliphatic rings. The van der Waals surface area contributed by atoms with E-state index < -0.39 is 33.4 Å². The van der Waals surface area contributed by atoms with Crippen molar-refractivity contribution >= 4 is 43.8 Å². The lowest BCUT2D eigenvalue weighted by Crippen LogP contribution is -2.24. The van der Waals surface area contributed by atoms with Gasteiger partial charge in [0.15, 0.2) is 29.1 Å². The number of rotatable bonds is 8. The van der Waals surface area contributed by atoms with Crippen LogP contribution in [0.15, 0.2) is 24.3 Å². The summed E-state index contributed by atoms with van der Waals surface area (Å²) < 4.78 is 35.3. The molecule has 36 heavy (non-hydrogen) atoms. The van der Waals surface area contributed by atoms with Gasteiger partial charge >= 0.3 is 15.2 Å². The van der Waals surface area contributed by atoms with Gasteiger partial charge in [-0.05, 0) is 48.4 Å². The number of aryl methyl sites for hydroxylation is 1. The van der Waals surface area contributed by atoms with Gasteiger partial charge in [0.25, 0.3) is 0 Å². The summed E-state index contributed by atoms with van der Waals surface area (Å²) in [5.41, 5.74) is 3.40. The first-order valence-corrected chi connectivity index (χ1v) is 15.2. The topological polar surface area (TPSA) is 173 Å². The average molecular weight is 559 g/mol. The number of nitrogens with zero attached hydrogens (tertiary/aromatic N) is 6. The maximum Gasteiger partial charge on any atom is 0.340 e. The highest BCUT2D eigenvalue weighted by Gasteiger charge is 2.35. The minimum Gasteiger partial charge on any atom is -0.351 e. The molecule has 0 bridgehead atoms. The Labute approximate surface area is 211 Å². The van der Waals surface area contributed by atoms with E-state index in [1.54, 1.807) is 0 Å². The van der Waals surface area contributed by atoms with Crippen molar-refractivity contribution in [3.63, 3.8) is 0 Å². The monoisotopic (exact) mass is 558 g/mol. The fraction of sp³-hybridized carbons (Fsp3) is 0.500. The fourth-order valence-corrected chi connectivity index (χ4v) is 7.53. The predicted octanol–water partition coefficient (Wildman–Crippen LogP) is 3.01. The van der Waals surface area contributed by atoms with Gasteiger partial charge in [-0.2, -0.15) is 14.6 Å².